The molecule has 0 amide bonds. The molecule has 0 atom stereocenters. The molecular weight excluding hydrogens is 203 g/mol. The van der Waals surface area contributed by atoms with Crippen molar-refractivity contribution in [1.82, 2.24) is 0 Å². The van der Waals surface area contributed by atoms with Gasteiger partial charge in [-0.15, -0.1) is 11.3 Å². The molecule has 2 nitrogen and oxygen atoms in total. The Morgan fingerprint density at radius 2 is 1.36 bits per heavy atom. The minimum Gasteiger partial charge on any atom is -0.191 e. The zero-order valence-corrected chi connectivity index (χ0v) is 7.39. The maximum absolute atomic E-state index is 8.46. The van der Waals surface area contributed by atoms with Crippen LogP contribution in [0.3, 0.4) is 0 Å². The van der Waals surface area contributed by atoms with E-state index in [0.717, 1.165) is 11.3 Å². The summed E-state index contributed by atoms with van der Waals surface area (Å²) in [6.45, 7) is 0. The third-order valence-electron chi connectivity index (χ3n) is 0.999. The topological polar surface area (TPSA) is 47.6 Å². The molecule has 1 rings (SSSR count). The molecule has 11 heavy (non-hydrogen) atoms. The van der Waals surface area contributed by atoms with Gasteiger partial charge in [-0.25, -0.2) is 0 Å². The largest absolute Gasteiger partial charge is 0.191 e. The van der Waals surface area contributed by atoms with E-state index in [-0.39, 0.29) is 19.8 Å². The zero-order valence-electron chi connectivity index (χ0n) is 5.06. The van der Waals surface area contributed by atoms with Gasteiger partial charge in [-0.3, -0.25) is 0 Å². The van der Waals surface area contributed by atoms with Crippen LogP contribution in [-0.4, -0.2) is 0 Å². The SMILES string of the molecule is N#Cc1sc(C#N)c(Cl)c1Cl. The fourth-order valence-electron chi connectivity index (χ4n) is 0.535. The average Bonchev–Trinajstić information content (AvgIpc) is 2.30. The van der Waals surface area contributed by atoms with Crippen LogP contribution >= 0.6 is 34.5 Å². The van der Waals surface area contributed by atoms with Crippen molar-refractivity contribution in [2.45, 2.75) is 0 Å². The number of hydrogen-bond acceptors (Lipinski definition) is 3. The van der Waals surface area contributed by atoms with E-state index < -0.39 is 0 Å². The van der Waals surface area contributed by atoms with Crippen LogP contribution in [0.4, 0.5) is 0 Å². The molecule has 1 heterocycles. The molecule has 0 spiro atoms. The lowest BCUT2D eigenvalue weighted by molar-refractivity contribution is 1.52. The first-order chi connectivity index (χ1) is 5.20. The maximum atomic E-state index is 8.46. The summed E-state index contributed by atoms with van der Waals surface area (Å²) in [4.78, 5) is 0.571. The molecular formula is C6Cl2N2S. The average molecular weight is 203 g/mol. The normalized spacial score (nSPS) is 8.73. The van der Waals surface area contributed by atoms with Crippen LogP contribution in [0.2, 0.25) is 10.0 Å². The van der Waals surface area contributed by atoms with E-state index in [0.29, 0.717) is 0 Å². The van der Waals surface area contributed by atoms with Gasteiger partial charge in [-0.05, 0) is 0 Å². The van der Waals surface area contributed by atoms with Crippen molar-refractivity contribution in [3.63, 3.8) is 0 Å². The Morgan fingerprint density at radius 3 is 1.55 bits per heavy atom. The summed E-state index contributed by atoms with van der Waals surface area (Å²) >= 11 is 12.2. The Hall–Kier alpha value is -0.740. The van der Waals surface area contributed by atoms with Crippen molar-refractivity contribution in [3.05, 3.63) is 19.8 Å². The first-order valence-electron chi connectivity index (χ1n) is 2.48. The lowest BCUT2D eigenvalue weighted by Crippen LogP contribution is -1.63. The highest BCUT2D eigenvalue weighted by molar-refractivity contribution is 7.14. The highest BCUT2D eigenvalue weighted by Crippen LogP contribution is 2.35. The van der Waals surface area contributed by atoms with Crippen molar-refractivity contribution in [2.24, 2.45) is 0 Å². The highest BCUT2D eigenvalue weighted by Gasteiger charge is 2.13. The fraction of sp³-hybridized carbons (Fsp3) is 0. The molecule has 54 valence electrons. The molecule has 0 aliphatic rings. The number of rotatable bonds is 0. The van der Waals surface area contributed by atoms with E-state index in [1.165, 1.54) is 0 Å². The van der Waals surface area contributed by atoms with Gasteiger partial charge in [0.05, 0.1) is 10.0 Å². The predicted octanol–water partition coefficient (Wildman–Crippen LogP) is 2.80. The van der Waals surface area contributed by atoms with Gasteiger partial charge in [0.25, 0.3) is 0 Å². The van der Waals surface area contributed by atoms with Gasteiger partial charge in [0.2, 0.25) is 0 Å². The quantitative estimate of drug-likeness (QED) is 0.650. The summed E-state index contributed by atoms with van der Waals surface area (Å²) in [7, 11) is 0. The zero-order chi connectivity index (χ0) is 8.43. The van der Waals surface area contributed by atoms with E-state index >= 15 is 0 Å². The highest BCUT2D eigenvalue weighted by atomic mass is 35.5. The van der Waals surface area contributed by atoms with Crippen molar-refractivity contribution in [3.8, 4) is 12.1 Å². The number of nitriles is 2. The molecule has 0 saturated carbocycles. The number of hydrogen-bond donors (Lipinski definition) is 0. The molecule has 0 radical (unpaired) electrons. The van der Waals surface area contributed by atoms with Crippen LogP contribution in [0.15, 0.2) is 0 Å². The van der Waals surface area contributed by atoms with E-state index in [4.69, 9.17) is 33.7 Å². The summed E-state index contributed by atoms with van der Waals surface area (Å²) in [6.07, 6.45) is 0. The van der Waals surface area contributed by atoms with Gasteiger partial charge in [0.15, 0.2) is 0 Å². The summed E-state index contributed by atoms with van der Waals surface area (Å²) < 4.78 is 0. The summed E-state index contributed by atoms with van der Waals surface area (Å²) in [5.41, 5.74) is 0. The molecule has 5 heteroatoms. The van der Waals surface area contributed by atoms with E-state index in [9.17, 15) is 0 Å². The van der Waals surface area contributed by atoms with Crippen LogP contribution in [-0.2, 0) is 0 Å². The Morgan fingerprint density at radius 1 is 1.00 bits per heavy atom. The molecule has 0 bridgehead atoms. The van der Waals surface area contributed by atoms with Gasteiger partial charge in [-0.1, -0.05) is 23.2 Å². The Bertz CT molecular complexity index is 335. The lowest BCUT2D eigenvalue weighted by atomic mass is 10.4. The van der Waals surface area contributed by atoms with Crippen LogP contribution in [0.25, 0.3) is 0 Å². The second kappa shape index (κ2) is 3.11. The summed E-state index contributed by atoms with van der Waals surface area (Å²) in [6, 6.07) is 3.68. The molecule has 0 unspecified atom stereocenters. The first-order valence-corrected chi connectivity index (χ1v) is 4.06. The lowest BCUT2D eigenvalue weighted by Gasteiger charge is -1.80. The number of nitrogens with zero attached hydrogens (tertiary/aromatic N) is 2. The van der Waals surface area contributed by atoms with E-state index in [1.807, 2.05) is 12.1 Å². The Balaban J connectivity index is 3.40. The molecule has 0 aliphatic carbocycles. The van der Waals surface area contributed by atoms with Crippen molar-refractivity contribution in [2.75, 3.05) is 0 Å². The van der Waals surface area contributed by atoms with Gasteiger partial charge >= 0.3 is 0 Å². The minimum absolute atomic E-state index is 0.177. The van der Waals surface area contributed by atoms with Crippen molar-refractivity contribution < 1.29 is 0 Å². The van der Waals surface area contributed by atoms with Crippen LogP contribution in [0.1, 0.15) is 9.75 Å². The molecule has 0 aromatic carbocycles. The van der Waals surface area contributed by atoms with Crippen molar-refractivity contribution >= 4 is 34.5 Å². The summed E-state index contributed by atoms with van der Waals surface area (Å²) in [5.74, 6) is 0. The van der Waals surface area contributed by atoms with Gasteiger partial charge in [-0.2, -0.15) is 10.5 Å². The van der Waals surface area contributed by atoms with Crippen LogP contribution in [0.5, 0.6) is 0 Å². The molecule has 0 fully saturated rings. The maximum Gasteiger partial charge on any atom is 0.126 e. The van der Waals surface area contributed by atoms with E-state index in [2.05, 4.69) is 0 Å². The predicted molar refractivity (Wildman–Crippen MR) is 43.8 cm³/mol. The second-order valence-corrected chi connectivity index (χ2v) is 3.39. The Labute approximate surface area is 77.2 Å². The van der Waals surface area contributed by atoms with Crippen LogP contribution < -0.4 is 0 Å². The van der Waals surface area contributed by atoms with Crippen LogP contribution in [0, 0.1) is 22.7 Å². The fourth-order valence-corrected chi connectivity index (χ4v) is 1.83. The molecule has 0 aliphatic heterocycles. The second-order valence-electron chi connectivity index (χ2n) is 1.61. The molecule has 0 N–H and O–H groups in total. The van der Waals surface area contributed by atoms with Gasteiger partial charge < -0.3 is 0 Å². The Kier molecular flexibility index (Phi) is 2.36. The molecule has 1 aromatic heterocycles. The third kappa shape index (κ3) is 1.32. The number of thiophene rings is 1. The van der Waals surface area contributed by atoms with Gasteiger partial charge in [0.1, 0.15) is 21.9 Å². The number of halogens is 2. The smallest absolute Gasteiger partial charge is 0.126 e. The van der Waals surface area contributed by atoms with E-state index in [1.54, 1.807) is 0 Å². The third-order valence-corrected chi connectivity index (χ3v) is 3.07. The molecule has 0 saturated heterocycles. The van der Waals surface area contributed by atoms with Crippen molar-refractivity contribution in [1.29, 1.82) is 10.5 Å². The minimum atomic E-state index is 0.177. The monoisotopic (exact) mass is 202 g/mol. The summed E-state index contributed by atoms with van der Waals surface area (Å²) in [5, 5.41) is 17.3. The first kappa shape index (κ1) is 8.36. The molecule has 1 aromatic rings. The van der Waals surface area contributed by atoms with Gasteiger partial charge in [0, 0.05) is 0 Å². The standard InChI is InChI=1S/C6Cl2N2S/c7-5-3(1-9)11-4(2-10)6(5)8.